The van der Waals surface area contributed by atoms with Gasteiger partial charge in [0, 0.05) is 30.1 Å². The van der Waals surface area contributed by atoms with E-state index in [1.165, 1.54) is 5.56 Å². The molecule has 0 saturated heterocycles. The highest BCUT2D eigenvalue weighted by molar-refractivity contribution is 7.85. The Labute approximate surface area is 159 Å². The van der Waals surface area contributed by atoms with Crippen molar-refractivity contribution in [3.8, 4) is 0 Å². The molecule has 0 spiro atoms. The number of rotatable bonds is 6. The molecule has 0 fully saturated rings. The molecule has 2 aromatic rings. The summed E-state index contributed by atoms with van der Waals surface area (Å²) in [6.45, 7) is 8.79. The maximum Gasteiger partial charge on any atom is 0.238 e. The summed E-state index contributed by atoms with van der Waals surface area (Å²) in [6.07, 6.45) is 0. The maximum absolute atomic E-state index is 12.7. The van der Waals surface area contributed by atoms with E-state index >= 15 is 0 Å². The van der Waals surface area contributed by atoms with Crippen LogP contribution in [-0.2, 0) is 33.3 Å². The highest BCUT2D eigenvalue weighted by Gasteiger charge is 2.23. The van der Waals surface area contributed by atoms with Crippen LogP contribution in [0, 0.1) is 0 Å². The van der Waals surface area contributed by atoms with Gasteiger partial charge in [-0.2, -0.15) is 0 Å². The van der Waals surface area contributed by atoms with Crippen LogP contribution in [0.5, 0.6) is 0 Å². The minimum atomic E-state index is -1.24. The Morgan fingerprint density at radius 1 is 1.00 bits per heavy atom. The van der Waals surface area contributed by atoms with Crippen LogP contribution in [0.15, 0.2) is 54.6 Å². The van der Waals surface area contributed by atoms with Crippen molar-refractivity contribution in [2.75, 3.05) is 7.05 Å². The number of hydrogen-bond acceptors (Lipinski definition) is 2. The number of carbonyl (C=O) groups excluding carboxylic acids is 1. The van der Waals surface area contributed by atoms with Crippen molar-refractivity contribution in [1.29, 1.82) is 0 Å². The van der Waals surface area contributed by atoms with Gasteiger partial charge in [0.2, 0.25) is 5.91 Å². The zero-order valence-corrected chi connectivity index (χ0v) is 17.2. The van der Waals surface area contributed by atoms with Crippen LogP contribution in [0.2, 0.25) is 0 Å². The van der Waals surface area contributed by atoms with Gasteiger partial charge in [-0.05, 0) is 29.0 Å². The molecule has 140 valence electrons. The van der Waals surface area contributed by atoms with E-state index < -0.39 is 16.0 Å². The Kier molecular flexibility index (Phi) is 6.76. The topological polar surface area (TPSA) is 37.4 Å². The van der Waals surface area contributed by atoms with E-state index in [2.05, 4.69) is 32.9 Å². The normalized spacial score (nSPS) is 13.9. The smallest absolute Gasteiger partial charge is 0.238 e. The fraction of sp³-hybridized carbons (Fsp3) is 0.409. The van der Waals surface area contributed by atoms with Gasteiger partial charge in [-0.25, -0.2) is 0 Å². The van der Waals surface area contributed by atoms with Gasteiger partial charge in [-0.15, -0.1) is 0 Å². The zero-order valence-electron chi connectivity index (χ0n) is 16.4. The minimum Gasteiger partial charge on any atom is -0.340 e. The van der Waals surface area contributed by atoms with Crippen molar-refractivity contribution in [2.24, 2.45) is 0 Å². The van der Waals surface area contributed by atoms with Crippen molar-refractivity contribution >= 4 is 16.7 Å². The Balaban J connectivity index is 1.96. The molecule has 2 rings (SSSR count). The minimum absolute atomic E-state index is 0.0847. The van der Waals surface area contributed by atoms with Gasteiger partial charge in [0.1, 0.15) is 5.25 Å². The Morgan fingerprint density at radius 3 is 2.12 bits per heavy atom. The summed E-state index contributed by atoms with van der Waals surface area (Å²) < 4.78 is 12.7. The Hall–Kier alpha value is -1.94. The van der Waals surface area contributed by atoms with Crippen LogP contribution >= 0.6 is 0 Å². The first-order chi connectivity index (χ1) is 12.2. The van der Waals surface area contributed by atoms with Gasteiger partial charge in [0.25, 0.3) is 0 Å². The average Bonchev–Trinajstić information content (AvgIpc) is 2.61. The first-order valence-corrected chi connectivity index (χ1v) is 10.3. The second-order valence-electron chi connectivity index (χ2n) is 7.79. The van der Waals surface area contributed by atoms with Crippen molar-refractivity contribution in [3.63, 3.8) is 0 Å². The van der Waals surface area contributed by atoms with Crippen molar-refractivity contribution in [3.05, 3.63) is 71.3 Å². The molecule has 0 aromatic heterocycles. The van der Waals surface area contributed by atoms with E-state index in [-0.39, 0.29) is 11.3 Å². The van der Waals surface area contributed by atoms with Gasteiger partial charge in [-0.1, -0.05) is 75.4 Å². The molecule has 0 aliphatic carbocycles. The van der Waals surface area contributed by atoms with E-state index in [9.17, 15) is 9.00 Å². The number of hydrogen-bond donors (Lipinski definition) is 0. The third kappa shape index (κ3) is 5.53. The number of amides is 1. The summed E-state index contributed by atoms with van der Waals surface area (Å²) in [5.41, 5.74) is 3.42. The monoisotopic (exact) mass is 371 g/mol. The van der Waals surface area contributed by atoms with Crippen LogP contribution in [0.25, 0.3) is 0 Å². The molecule has 0 aliphatic heterocycles. The molecule has 2 aromatic carbocycles. The lowest BCUT2D eigenvalue weighted by atomic mass is 9.87. The molecule has 4 heteroatoms. The first-order valence-electron chi connectivity index (χ1n) is 8.94. The lowest BCUT2D eigenvalue weighted by molar-refractivity contribution is -0.129. The van der Waals surface area contributed by atoms with Gasteiger partial charge in [0.15, 0.2) is 0 Å². The highest BCUT2D eigenvalue weighted by atomic mass is 32.2. The van der Waals surface area contributed by atoms with Crippen molar-refractivity contribution in [1.82, 2.24) is 4.90 Å². The standard InChI is InChI=1S/C22H29NO2S/c1-17(21(24)23(5)15-18-9-7-6-8-10-18)26(25)16-19-11-13-20(14-12-19)22(2,3)4/h6-14,17H,15-16H2,1-5H3/t17-,26-/m0/s1. The molecule has 0 saturated carbocycles. The zero-order chi connectivity index (χ0) is 19.3. The quantitative estimate of drug-likeness (QED) is 0.760. The summed E-state index contributed by atoms with van der Waals surface area (Å²) >= 11 is 0. The van der Waals surface area contributed by atoms with E-state index in [1.807, 2.05) is 42.5 Å². The molecular formula is C22H29NO2S. The fourth-order valence-corrected chi connectivity index (χ4v) is 3.92. The Morgan fingerprint density at radius 2 is 1.58 bits per heavy atom. The summed E-state index contributed by atoms with van der Waals surface area (Å²) in [7, 11) is 0.522. The number of carbonyl (C=O) groups is 1. The molecular weight excluding hydrogens is 342 g/mol. The molecule has 1 amide bonds. The second kappa shape index (κ2) is 8.63. The van der Waals surface area contributed by atoms with E-state index in [0.29, 0.717) is 12.3 Å². The average molecular weight is 372 g/mol. The summed E-state index contributed by atoms with van der Waals surface area (Å²) in [5, 5.41) is -0.522. The Bertz CT molecular complexity index is 748. The number of nitrogens with zero attached hydrogens (tertiary/aromatic N) is 1. The first kappa shape index (κ1) is 20.4. The predicted octanol–water partition coefficient (Wildman–Crippen LogP) is 4.28. The third-order valence-corrected chi connectivity index (χ3v) is 6.12. The molecule has 0 unspecified atom stereocenters. The van der Waals surface area contributed by atoms with E-state index in [1.54, 1.807) is 18.9 Å². The predicted molar refractivity (Wildman–Crippen MR) is 109 cm³/mol. The molecule has 0 aliphatic rings. The molecule has 0 bridgehead atoms. The fourth-order valence-electron chi connectivity index (χ4n) is 2.75. The summed E-state index contributed by atoms with van der Waals surface area (Å²) in [6, 6.07) is 18.0. The third-order valence-electron chi connectivity index (χ3n) is 4.51. The largest absolute Gasteiger partial charge is 0.340 e. The molecule has 26 heavy (non-hydrogen) atoms. The van der Waals surface area contributed by atoms with Crippen LogP contribution < -0.4 is 0 Å². The molecule has 0 N–H and O–H groups in total. The summed E-state index contributed by atoms with van der Waals surface area (Å²) in [4.78, 5) is 14.3. The van der Waals surface area contributed by atoms with Crippen LogP contribution in [0.4, 0.5) is 0 Å². The van der Waals surface area contributed by atoms with Gasteiger partial charge in [-0.3, -0.25) is 9.00 Å². The maximum atomic E-state index is 12.7. The number of benzene rings is 2. The van der Waals surface area contributed by atoms with Crippen LogP contribution in [0.1, 0.15) is 44.4 Å². The summed E-state index contributed by atoms with van der Waals surface area (Å²) in [5.74, 6) is 0.315. The molecule has 2 atom stereocenters. The lowest BCUT2D eigenvalue weighted by Gasteiger charge is -2.22. The van der Waals surface area contributed by atoms with Gasteiger partial charge in [0.05, 0.1) is 0 Å². The second-order valence-corrected chi connectivity index (χ2v) is 9.55. The molecule has 0 radical (unpaired) electrons. The molecule has 3 nitrogen and oxygen atoms in total. The van der Waals surface area contributed by atoms with Crippen molar-refractivity contribution < 1.29 is 9.00 Å². The lowest BCUT2D eigenvalue weighted by Crippen LogP contribution is -2.37. The van der Waals surface area contributed by atoms with E-state index in [0.717, 1.165) is 11.1 Å². The van der Waals surface area contributed by atoms with Crippen LogP contribution in [0.3, 0.4) is 0 Å². The van der Waals surface area contributed by atoms with Gasteiger partial charge < -0.3 is 4.90 Å². The highest BCUT2D eigenvalue weighted by Crippen LogP contribution is 2.22. The van der Waals surface area contributed by atoms with E-state index in [4.69, 9.17) is 0 Å². The van der Waals surface area contributed by atoms with Crippen molar-refractivity contribution in [2.45, 2.75) is 50.7 Å². The molecule has 0 heterocycles. The van der Waals surface area contributed by atoms with Crippen LogP contribution in [-0.4, -0.2) is 27.3 Å². The SMILES string of the molecule is C[C@@H](C(=O)N(C)Cc1ccccc1)[S@@](=O)Cc1ccc(C(C)(C)C)cc1. The van der Waals surface area contributed by atoms with Gasteiger partial charge >= 0.3 is 0 Å².